The third-order valence-corrected chi connectivity index (χ3v) is 7.11. The molecule has 34 heavy (non-hydrogen) atoms. The molecule has 0 unspecified atom stereocenters. The van der Waals surface area contributed by atoms with Crippen LogP contribution in [0.5, 0.6) is 0 Å². The molecule has 0 atom stereocenters. The average molecular weight is 460 g/mol. The normalized spacial score (nSPS) is 17.0. The number of aromatic nitrogens is 2. The van der Waals surface area contributed by atoms with Crippen molar-refractivity contribution in [3.63, 3.8) is 0 Å². The highest BCUT2D eigenvalue weighted by molar-refractivity contribution is 5.97. The highest BCUT2D eigenvalue weighted by Crippen LogP contribution is 2.21. The van der Waals surface area contributed by atoms with Crippen LogP contribution >= 0.6 is 0 Å². The van der Waals surface area contributed by atoms with Gasteiger partial charge in [-0.05, 0) is 57.0 Å². The minimum Gasteiger partial charge on any atom is -0.339 e. The van der Waals surface area contributed by atoms with Gasteiger partial charge in [0.1, 0.15) is 5.82 Å². The number of hydrogen-bond acceptors (Lipinski definition) is 4. The first kappa shape index (κ1) is 22.6. The number of benzene rings is 2. The third kappa shape index (κ3) is 4.44. The molecule has 7 nitrogen and oxygen atoms in total. The Morgan fingerprint density at radius 2 is 1.41 bits per heavy atom. The molecule has 2 aliphatic rings. The van der Waals surface area contributed by atoms with Gasteiger partial charge in [-0.3, -0.25) is 14.5 Å². The van der Waals surface area contributed by atoms with Crippen molar-refractivity contribution < 1.29 is 9.59 Å². The van der Waals surface area contributed by atoms with Crippen molar-refractivity contribution in [2.75, 3.05) is 39.3 Å². The molecule has 0 bridgehead atoms. The fourth-order valence-corrected chi connectivity index (χ4v) is 5.22. The van der Waals surface area contributed by atoms with Gasteiger partial charge in [-0.1, -0.05) is 17.2 Å². The second-order valence-electron chi connectivity index (χ2n) is 9.73. The molecule has 0 radical (unpaired) electrons. The number of nitrogens with zero attached hydrogens (tertiary/aromatic N) is 5. The molecule has 3 heterocycles. The summed E-state index contributed by atoms with van der Waals surface area (Å²) in [6, 6.07) is 11.9. The minimum atomic E-state index is 0.108. The second-order valence-corrected chi connectivity index (χ2v) is 9.73. The van der Waals surface area contributed by atoms with E-state index in [-0.39, 0.29) is 11.8 Å². The van der Waals surface area contributed by atoms with Crippen LogP contribution in [0.3, 0.4) is 0 Å². The summed E-state index contributed by atoms with van der Waals surface area (Å²) in [6.45, 7) is 9.55. The zero-order valence-corrected chi connectivity index (χ0v) is 20.4. The monoisotopic (exact) mass is 459 g/mol. The molecule has 2 aliphatic heterocycles. The van der Waals surface area contributed by atoms with E-state index in [2.05, 4.69) is 15.5 Å². The van der Waals surface area contributed by atoms with Gasteiger partial charge in [-0.2, -0.15) is 0 Å². The van der Waals surface area contributed by atoms with E-state index in [0.29, 0.717) is 13.1 Å². The molecule has 2 saturated heterocycles. The van der Waals surface area contributed by atoms with E-state index in [0.717, 1.165) is 84.7 Å². The molecule has 0 N–H and O–H groups in total. The summed E-state index contributed by atoms with van der Waals surface area (Å²) in [5.41, 5.74) is 5.64. The lowest BCUT2D eigenvalue weighted by Gasteiger charge is -2.34. The van der Waals surface area contributed by atoms with Gasteiger partial charge in [0.15, 0.2) is 0 Å². The number of carbonyl (C=O) groups is 2. The first-order valence-electron chi connectivity index (χ1n) is 12.2. The Kier molecular flexibility index (Phi) is 6.13. The van der Waals surface area contributed by atoms with Gasteiger partial charge in [0.05, 0.1) is 17.6 Å². The van der Waals surface area contributed by atoms with Crippen molar-refractivity contribution in [3.05, 3.63) is 64.5 Å². The number of carbonyl (C=O) groups excluding carboxylic acids is 2. The van der Waals surface area contributed by atoms with Crippen molar-refractivity contribution in [1.82, 2.24) is 24.3 Å². The molecule has 0 spiro atoms. The zero-order valence-electron chi connectivity index (χ0n) is 20.4. The molecule has 5 rings (SSSR count). The van der Waals surface area contributed by atoms with E-state index in [9.17, 15) is 9.59 Å². The number of aryl methyl sites for hydroxylation is 3. The van der Waals surface area contributed by atoms with Crippen molar-refractivity contribution >= 4 is 22.8 Å². The molecule has 0 saturated carbocycles. The fraction of sp³-hybridized carbons (Fsp3) is 0.444. The van der Waals surface area contributed by atoms with Gasteiger partial charge in [0.25, 0.3) is 11.8 Å². The summed E-state index contributed by atoms with van der Waals surface area (Å²) < 4.78 is 2.12. The lowest BCUT2D eigenvalue weighted by atomic mass is 10.1. The first-order valence-corrected chi connectivity index (χ1v) is 12.2. The Morgan fingerprint density at radius 3 is 2.09 bits per heavy atom. The molecular weight excluding hydrogens is 426 g/mol. The van der Waals surface area contributed by atoms with Crippen LogP contribution in [0, 0.1) is 13.8 Å². The summed E-state index contributed by atoms with van der Waals surface area (Å²) in [7, 11) is 2.03. The van der Waals surface area contributed by atoms with E-state index >= 15 is 0 Å². The zero-order chi connectivity index (χ0) is 23.8. The van der Waals surface area contributed by atoms with Crippen LogP contribution in [-0.2, 0) is 13.6 Å². The van der Waals surface area contributed by atoms with Gasteiger partial charge in [-0.25, -0.2) is 4.98 Å². The lowest BCUT2D eigenvalue weighted by molar-refractivity contribution is 0.0624. The Bertz CT molecular complexity index is 1210. The molecular formula is C27H33N5O2. The van der Waals surface area contributed by atoms with Gasteiger partial charge in [0.2, 0.25) is 0 Å². The van der Waals surface area contributed by atoms with Crippen LogP contribution < -0.4 is 0 Å². The van der Waals surface area contributed by atoms with Crippen LogP contribution in [0.1, 0.15) is 50.5 Å². The van der Waals surface area contributed by atoms with Crippen molar-refractivity contribution in [2.24, 2.45) is 7.05 Å². The van der Waals surface area contributed by atoms with E-state index in [4.69, 9.17) is 4.98 Å². The molecule has 0 aliphatic carbocycles. The van der Waals surface area contributed by atoms with Crippen LogP contribution in [-0.4, -0.2) is 75.3 Å². The van der Waals surface area contributed by atoms with E-state index < -0.39 is 0 Å². The fourth-order valence-electron chi connectivity index (χ4n) is 5.22. The van der Waals surface area contributed by atoms with E-state index in [1.165, 1.54) is 0 Å². The van der Waals surface area contributed by atoms with Crippen LogP contribution in [0.25, 0.3) is 11.0 Å². The van der Waals surface area contributed by atoms with Crippen LogP contribution in [0.4, 0.5) is 0 Å². The Morgan fingerprint density at radius 1 is 0.794 bits per heavy atom. The molecule has 2 aromatic carbocycles. The second kappa shape index (κ2) is 9.22. The van der Waals surface area contributed by atoms with Gasteiger partial charge in [-0.15, -0.1) is 0 Å². The standard InChI is InChI=1S/C27H33N5O2/c1-19-14-20(2)16-22(15-19)27(34)32-12-10-30(11-13-32)18-25-28-23-17-21(6-7-24(23)29(25)3)26(33)31-8-4-5-9-31/h6-7,14-17H,4-5,8-13,18H2,1-3H3. The highest BCUT2D eigenvalue weighted by Gasteiger charge is 2.24. The van der Waals surface area contributed by atoms with Crippen LogP contribution in [0.15, 0.2) is 36.4 Å². The molecule has 7 heteroatoms. The smallest absolute Gasteiger partial charge is 0.253 e. The largest absolute Gasteiger partial charge is 0.339 e. The Balaban J connectivity index is 1.24. The van der Waals surface area contributed by atoms with Gasteiger partial charge < -0.3 is 14.4 Å². The number of imidazole rings is 1. The molecule has 3 aromatic rings. The summed E-state index contributed by atoms with van der Waals surface area (Å²) in [5, 5.41) is 0. The Hall–Kier alpha value is -3.19. The van der Waals surface area contributed by atoms with Crippen molar-refractivity contribution in [2.45, 2.75) is 33.2 Å². The third-order valence-electron chi connectivity index (χ3n) is 7.11. The van der Waals surface area contributed by atoms with E-state index in [1.54, 1.807) is 0 Å². The maximum atomic E-state index is 13.0. The predicted octanol–water partition coefficient (Wildman–Crippen LogP) is 3.38. The first-order chi connectivity index (χ1) is 16.4. The van der Waals surface area contributed by atoms with Crippen molar-refractivity contribution in [1.29, 1.82) is 0 Å². The van der Waals surface area contributed by atoms with E-state index in [1.807, 2.05) is 61.0 Å². The summed E-state index contributed by atoms with van der Waals surface area (Å²) in [5.74, 6) is 1.20. The molecule has 2 amide bonds. The molecule has 178 valence electrons. The number of fused-ring (bicyclic) bond motifs is 1. The quantitative estimate of drug-likeness (QED) is 0.600. The predicted molar refractivity (Wildman–Crippen MR) is 133 cm³/mol. The highest BCUT2D eigenvalue weighted by atomic mass is 16.2. The maximum Gasteiger partial charge on any atom is 0.253 e. The van der Waals surface area contributed by atoms with Gasteiger partial charge >= 0.3 is 0 Å². The molecule has 2 fully saturated rings. The lowest BCUT2D eigenvalue weighted by Crippen LogP contribution is -2.48. The Labute approximate surface area is 201 Å². The number of hydrogen-bond donors (Lipinski definition) is 0. The number of piperazine rings is 1. The van der Waals surface area contributed by atoms with Gasteiger partial charge in [0, 0.05) is 57.4 Å². The summed E-state index contributed by atoms with van der Waals surface area (Å²) in [4.78, 5) is 36.9. The maximum absolute atomic E-state index is 13.0. The minimum absolute atomic E-state index is 0.108. The summed E-state index contributed by atoms with van der Waals surface area (Å²) >= 11 is 0. The number of likely N-dealkylation sites (tertiary alicyclic amines) is 1. The van der Waals surface area contributed by atoms with Crippen molar-refractivity contribution in [3.8, 4) is 0 Å². The van der Waals surface area contributed by atoms with Crippen LogP contribution in [0.2, 0.25) is 0 Å². The average Bonchev–Trinajstić information content (AvgIpc) is 3.46. The topological polar surface area (TPSA) is 61.7 Å². The summed E-state index contributed by atoms with van der Waals surface area (Å²) in [6.07, 6.45) is 2.18. The molecule has 1 aromatic heterocycles. The number of rotatable bonds is 4. The number of amides is 2. The SMILES string of the molecule is Cc1cc(C)cc(C(=O)N2CCN(Cc3nc4cc(C(=O)N5CCCC5)ccc4n3C)CC2)c1.